The third-order valence-electron chi connectivity index (χ3n) is 5.69. The van der Waals surface area contributed by atoms with Crippen LogP contribution in [0.3, 0.4) is 0 Å². The normalized spacial score (nSPS) is 10.7. The Hall–Kier alpha value is -5.86. The van der Waals surface area contributed by atoms with Gasteiger partial charge in [0.05, 0.1) is 26.5 Å². The molecule has 44 heavy (non-hydrogen) atoms. The summed E-state index contributed by atoms with van der Waals surface area (Å²) in [5.74, 6) is -3.50. The second kappa shape index (κ2) is 13.9. The number of carbonyl (C=O) groups excluding carboxylic acids is 4. The number of nitrogens with zero attached hydrogens (tertiary/aromatic N) is 3. The SMILES string of the molecule is CN(CCNC(=O)c1cccc(OC(=O)c2ccc([N+](=O)[O-])cc2)c1OC(=O)c1ccc([N+](=O)[O-])cc1)C(=O)OC(C)(C)C. The van der Waals surface area contributed by atoms with E-state index in [1.807, 2.05) is 0 Å². The number of likely N-dealkylation sites (N-methyl/N-ethyl adjacent to an activating group) is 1. The molecule has 0 saturated heterocycles. The molecule has 3 rings (SSSR count). The summed E-state index contributed by atoms with van der Waals surface area (Å²) < 4.78 is 16.1. The smallest absolute Gasteiger partial charge is 0.410 e. The molecular weight excluding hydrogens is 580 g/mol. The van der Waals surface area contributed by atoms with Crippen molar-refractivity contribution in [1.29, 1.82) is 0 Å². The summed E-state index contributed by atoms with van der Waals surface area (Å²) >= 11 is 0. The van der Waals surface area contributed by atoms with Crippen molar-refractivity contribution in [2.75, 3.05) is 20.1 Å². The minimum absolute atomic E-state index is 0.0306. The maximum absolute atomic E-state index is 13.2. The van der Waals surface area contributed by atoms with E-state index in [0.717, 1.165) is 36.4 Å². The molecule has 0 aliphatic heterocycles. The van der Waals surface area contributed by atoms with Crippen LogP contribution >= 0.6 is 0 Å². The van der Waals surface area contributed by atoms with E-state index in [9.17, 15) is 39.4 Å². The van der Waals surface area contributed by atoms with Gasteiger partial charge in [-0.2, -0.15) is 0 Å². The van der Waals surface area contributed by atoms with Gasteiger partial charge in [0.1, 0.15) is 5.60 Å². The van der Waals surface area contributed by atoms with Gasteiger partial charge in [-0.05, 0) is 57.2 Å². The highest BCUT2D eigenvalue weighted by atomic mass is 16.6. The van der Waals surface area contributed by atoms with Gasteiger partial charge in [-0.25, -0.2) is 14.4 Å². The number of para-hydroxylation sites is 1. The summed E-state index contributed by atoms with van der Waals surface area (Å²) in [5.41, 5.74) is -1.62. The number of amides is 2. The van der Waals surface area contributed by atoms with Crippen LogP contribution in [0, 0.1) is 20.2 Å². The van der Waals surface area contributed by atoms with Gasteiger partial charge in [0.25, 0.3) is 17.3 Å². The summed E-state index contributed by atoms with van der Waals surface area (Å²) in [6.07, 6.45) is -0.607. The summed E-state index contributed by atoms with van der Waals surface area (Å²) in [6, 6.07) is 12.9. The fourth-order valence-electron chi connectivity index (χ4n) is 3.49. The van der Waals surface area contributed by atoms with Gasteiger partial charge < -0.3 is 24.4 Å². The molecule has 0 unspecified atom stereocenters. The Kier molecular flexibility index (Phi) is 10.3. The van der Waals surface area contributed by atoms with Crippen molar-refractivity contribution >= 4 is 35.3 Å². The highest BCUT2D eigenvalue weighted by molar-refractivity contribution is 6.01. The van der Waals surface area contributed by atoms with Crippen molar-refractivity contribution in [3.05, 3.63) is 104 Å². The predicted molar refractivity (Wildman–Crippen MR) is 154 cm³/mol. The van der Waals surface area contributed by atoms with Crippen LogP contribution in [-0.4, -0.2) is 64.4 Å². The van der Waals surface area contributed by atoms with Crippen LogP contribution in [0.25, 0.3) is 0 Å². The number of hydrogen-bond acceptors (Lipinski definition) is 11. The minimum Gasteiger partial charge on any atom is -0.444 e. The molecule has 0 aromatic heterocycles. The number of non-ortho nitro benzene ring substituents is 2. The molecule has 0 atom stereocenters. The van der Waals surface area contributed by atoms with Crippen molar-refractivity contribution in [3.8, 4) is 11.5 Å². The molecule has 3 aromatic carbocycles. The lowest BCUT2D eigenvalue weighted by Gasteiger charge is -2.24. The number of ether oxygens (including phenoxy) is 3. The molecular formula is C29H28N4O11. The Labute approximate surface area is 250 Å². The van der Waals surface area contributed by atoms with Crippen LogP contribution < -0.4 is 14.8 Å². The third kappa shape index (κ3) is 8.82. The van der Waals surface area contributed by atoms with Crippen molar-refractivity contribution in [2.24, 2.45) is 0 Å². The van der Waals surface area contributed by atoms with Gasteiger partial charge in [0.15, 0.2) is 11.5 Å². The number of rotatable bonds is 10. The Morgan fingerprint density at radius 1 is 0.795 bits per heavy atom. The Morgan fingerprint density at radius 3 is 1.77 bits per heavy atom. The molecule has 1 N–H and O–H groups in total. The van der Waals surface area contributed by atoms with Crippen LogP contribution in [-0.2, 0) is 4.74 Å². The van der Waals surface area contributed by atoms with Crippen molar-refractivity contribution in [3.63, 3.8) is 0 Å². The second-order valence-corrected chi connectivity index (χ2v) is 10.2. The largest absolute Gasteiger partial charge is 0.444 e. The van der Waals surface area contributed by atoms with E-state index in [0.29, 0.717) is 0 Å². The van der Waals surface area contributed by atoms with E-state index in [1.54, 1.807) is 20.8 Å². The second-order valence-electron chi connectivity index (χ2n) is 10.2. The molecule has 15 nitrogen and oxygen atoms in total. The van der Waals surface area contributed by atoms with E-state index < -0.39 is 45.1 Å². The number of benzene rings is 3. The zero-order valence-electron chi connectivity index (χ0n) is 24.1. The van der Waals surface area contributed by atoms with E-state index in [4.69, 9.17) is 14.2 Å². The first-order valence-electron chi connectivity index (χ1n) is 12.9. The first kappa shape index (κ1) is 32.7. The zero-order chi connectivity index (χ0) is 32.6. The first-order valence-corrected chi connectivity index (χ1v) is 12.9. The molecule has 15 heteroatoms. The van der Waals surface area contributed by atoms with Crippen LogP contribution in [0.15, 0.2) is 66.7 Å². The molecule has 0 aliphatic rings. The van der Waals surface area contributed by atoms with Crippen LogP contribution in [0.5, 0.6) is 11.5 Å². The van der Waals surface area contributed by atoms with E-state index in [-0.39, 0.29) is 46.9 Å². The Morgan fingerprint density at radius 2 is 1.30 bits per heavy atom. The molecule has 0 aliphatic carbocycles. The number of hydrogen-bond donors (Lipinski definition) is 1. The standard InChI is InChI=1S/C29H28N4O11/c1-29(2,3)44-28(37)31(4)17-16-30-25(34)22-6-5-7-23(42-26(35)18-8-12-20(13-9-18)32(38)39)24(22)43-27(36)19-10-14-21(15-11-19)33(40)41/h5-15H,16-17H2,1-4H3,(H,30,34). The molecule has 0 heterocycles. The fourth-order valence-corrected chi connectivity index (χ4v) is 3.49. The van der Waals surface area contributed by atoms with Crippen molar-refractivity contribution < 1.29 is 43.2 Å². The quantitative estimate of drug-likeness (QED) is 0.147. The predicted octanol–water partition coefficient (Wildman–Crippen LogP) is 4.54. The Balaban J connectivity index is 1.87. The molecule has 2 amide bonds. The average molecular weight is 609 g/mol. The van der Waals surface area contributed by atoms with Crippen LogP contribution in [0.2, 0.25) is 0 Å². The Bertz CT molecular complexity index is 1580. The molecule has 0 fully saturated rings. The van der Waals surface area contributed by atoms with Gasteiger partial charge in [-0.15, -0.1) is 0 Å². The monoisotopic (exact) mass is 608 g/mol. The third-order valence-corrected chi connectivity index (χ3v) is 5.69. The highest BCUT2D eigenvalue weighted by Crippen LogP contribution is 2.33. The summed E-state index contributed by atoms with van der Waals surface area (Å²) in [4.78, 5) is 73.1. The average Bonchev–Trinajstić information content (AvgIpc) is 2.96. The lowest BCUT2D eigenvalue weighted by molar-refractivity contribution is -0.385. The van der Waals surface area contributed by atoms with E-state index in [1.165, 1.54) is 42.3 Å². The molecule has 230 valence electrons. The summed E-state index contributed by atoms with van der Waals surface area (Å²) in [5, 5.41) is 24.5. The molecule has 0 spiro atoms. The molecule has 3 aromatic rings. The van der Waals surface area contributed by atoms with Crippen LogP contribution in [0.4, 0.5) is 16.2 Å². The van der Waals surface area contributed by atoms with Crippen molar-refractivity contribution in [1.82, 2.24) is 10.2 Å². The number of carbonyl (C=O) groups is 4. The highest BCUT2D eigenvalue weighted by Gasteiger charge is 2.25. The topological polar surface area (TPSA) is 198 Å². The van der Waals surface area contributed by atoms with E-state index in [2.05, 4.69) is 5.32 Å². The number of nitro groups is 2. The van der Waals surface area contributed by atoms with E-state index >= 15 is 0 Å². The number of nitrogens with one attached hydrogen (secondary N) is 1. The van der Waals surface area contributed by atoms with Gasteiger partial charge in [0, 0.05) is 44.4 Å². The maximum Gasteiger partial charge on any atom is 0.410 e. The van der Waals surface area contributed by atoms with Gasteiger partial charge in [-0.3, -0.25) is 25.0 Å². The van der Waals surface area contributed by atoms with Gasteiger partial charge >= 0.3 is 18.0 Å². The lowest BCUT2D eigenvalue weighted by Crippen LogP contribution is -2.39. The fraction of sp³-hybridized carbons (Fsp3) is 0.241. The number of esters is 2. The van der Waals surface area contributed by atoms with Crippen LogP contribution in [0.1, 0.15) is 51.8 Å². The first-order chi connectivity index (χ1) is 20.7. The minimum atomic E-state index is -1.02. The van der Waals surface area contributed by atoms with Gasteiger partial charge in [-0.1, -0.05) is 6.07 Å². The van der Waals surface area contributed by atoms with Crippen molar-refractivity contribution in [2.45, 2.75) is 26.4 Å². The zero-order valence-corrected chi connectivity index (χ0v) is 24.1. The molecule has 0 radical (unpaired) electrons. The molecule has 0 bridgehead atoms. The lowest BCUT2D eigenvalue weighted by atomic mass is 10.1. The maximum atomic E-state index is 13.2. The summed E-state index contributed by atoms with van der Waals surface area (Å²) in [7, 11) is 1.48. The van der Waals surface area contributed by atoms with Gasteiger partial charge in [0.2, 0.25) is 0 Å². The molecule has 0 saturated carbocycles. The number of nitro benzene ring substituents is 2. The summed E-state index contributed by atoms with van der Waals surface area (Å²) in [6.45, 7) is 5.16.